The van der Waals surface area contributed by atoms with Gasteiger partial charge < -0.3 is 14.2 Å². The molecule has 3 atom stereocenters. The van der Waals surface area contributed by atoms with Crippen molar-refractivity contribution in [1.82, 2.24) is 4.90 Å². The summed E-state index contributed by atoms with van der Waals surface area (Å²) in [6.07, 6.45) is 9.76. The number of hydrogen-bond donors (Lipinski definition) is 0. The Morgan fingerprint density at radius 3 is 2.45 bits per heavy atom. The summed E-state index contributed by atoms with van der Waals surface area (Å²) < 4.78 is 17.1. The fourth-order valence-electron chi connectivity index (χ4n) is 5.82. The molecule has 2 heterocycles. The van der Waals surface area contributed by atoms with Crippen LogP contribution in [-0.2, 0) is 17.7 Å². The predicted molar refractivity (Wildman–Crippen MR) is 117 cm³/mol. The Labute approximate surface area is 173 Å². The molecule has 0 saturated carbocycles. The Morgan fingerprint density at radius 1 is 0.966 bits per heavy atom. The van der Waals surface area contributed by atoms with Crippen LogP contribution in [0.1, 0.15) is 54.4 Å². The lowest BCUT2D eigenvalue weighted by Crippen LogP contribution is -2.44. The smallest absolute Gasteiger partial charge is 0.161 e. The summed E-state index contributed by atoms with van der Waals surface area (Å²) in [5.74, 6) is 1.91. The summed E-state index contributed by atoms with van der Waals surface area (Å²) >= 11 is 0. The van der Waals surface area contributed by atoms with E-state index < -0.39 is 0 Å². The average molecular weight is 394 g/mol. The van der Waals surface area contributed by atoms with Crippen LogP contribution in [0.4, 0.5) is 0 Å². The van der Waals surface area contributed by atoms with Gasteiger partial charge in [-0.1, -0.05) is 25.5 Å². The number of nitrogens with zero attached hydrogens (tertiary/aromatic N) is 1. The maximum absolute atomic E-state index is 5.79. The second kappa shape index (κ2) is 7.33. The van der Waals surface area contributed by atoms with Gasteiger partial charge in [-0.15, -0.1) is 0 Å². The molecular formula is C25H31NO3. The van der Waals surface area contributed by atoms with Crippen LogP contribution in [-0.4, -0.2) is 44.9 Å². The van der Waals surface area contributed by atoms with Crippen molar-refractivity contribution < 1.29 is 14.2 Å². The molecule has 0 radical (unpaired) electrons. The van der Waals surface area contributed by atoms with Crippen LogP contribution in [0.15, 0.2) is 18.2 Å². The molecule has 4 nitrogen and oxygen atoms in total. The molecule has 1 aliphatic carbocycles. The normalized spacial score (nSPS) is 26.0. The molecule has 0 amide bonds. The lowest BCUT2D eigenvalue weighted by Gasteiger charge is -2.42. The molecule has 1 saturated heterocycles. The van der Waals surface area contributed by atoms with E-state index in [1.807, 2.05) is 0 Å². The summed E-state index contributed by atoms with van der Waals surface area (Å²) in [5.41, 5.74) is 5.82. The van der Waals surface area contributed by atoms with Gasteiger partial charge in [-0.05, 0) is 71.0 Å². The standard InChI is InChI=1S/C25H31NO3/c1-15-22(27-2)9-8-17-21-14-26-10-6-5-7-16(26)11-18(21)19-12-23(28-3)24(29-4)13-20(19)25(15)17/h8-9,12-13,15-16,22H,5-7,10-11,14H2,1-4H3. The summed E-state index contributed by atoms with van der Waals surface area (Å²) in [7, 11) is 5.25. The van der Waals surface area contributed by atoms with Crippen molar-refractivity contribution in [3.8, 4) is 11.5 Å². The van der Waals surface area contributed by atoms with Gasteiger partial charge in [0.25, 0.3) is 0 Å². The zero-order valence-corrected chi connectivity index (χ0v) is 18.0. The molecule has 154 valence electrons. The Bertz CT molecular complexity index is 980. The number of ether oxygens (including phenoxy) is 3. The van der Waals surface area contributed by atoms with Crippen LogP contribution in [0.25, 0.3) is 16.8 Å². The van der Waals surface area contributed by atoms with Crippen molar-refractivity contribution in [3.63, 3.8) is 0 Å². The fourth-order valence-corrected chi connectivity index (χ4v) is 5.82. The van der Waals surface area contributed by atoms with E-state index in [-0.39, 0.29) is 6.10 Å². The first-order valence-corrected chi connectivity index (χ1v) is 10.8. The van der Waals surface area contributed by atoms with E-state index in [4.69, 9.17) is 14.2 Å². The summed E-state index contributed by atoms with van der Waals surface area (Å²) in [4.78, 5) is 2.71. The van der Waals surface area contributed by atoms with Gasteiger partial charge in [0.05, 0.1) is 20.3 Å². The molecule has 4 heteroatoms. The lowest BCUT2D eigenvalue weighted by atomic mass is 9.75. The number of benzene rings is 2. The number of fused-ring (bicyclic) bond motifs is 7. The van der Waals surface area contributed by atoms with Gasteiger partial charge in [0, 0.05) is 25.6 Å². The topological polar surface area (TPSA) is 30.9 Å². The molecule has 0 N–H and O–H groups in total. The summed E-state index contributed by atoms with van der Waals surface area (Å²) in [6, 6.07) is 5.06. The van der Waals surface area contributed by atoms with Gasteiger partial charge >= 0.3 is 0 Å². The largest absolute Gasteiger partial charge is 0.493 e. The summed E-state index contributed by atoms with van der Waals surface area (Å²) in [6.45, 7) is 4.57. The van der Waals surface area contributed by atoms with Crippen LogP contribution in [0.5, 0.6) is 11.5 Å². The first-order chi connectivity index (χ1) is 14.2. The molecule has 5 rings (SSSR count). The molecule has 0 aromatic heterocycles. The highest BCUT2D eigenvalue weighted by atomic mass is 16.5. The highest BCUT2D eigenvalue weighted by Crippen LogP contribution is 2.46. The number of piperidine rings is 1. The zero-order chi connectivity index (χ0) is 20.1. The lowest BCUT2D eigenvalue weighted by molar-refractivity contribution is 0.120. The Balaban J connectivity index is 1.81. The van der Waals surface area contributed by atoms with E-state index in [1.165, 1.54) is 58.8 Å². The first-order valence-electron chi connectivity index (χ1n) is 10.8. The van der Waals surface area contributed by atoms with E-state index in [1.54, 1.807) is 21.3 Å². The van der Waals surface area contributed by atoms with Crippen LogP contribution in [0.3, 0.4) is 0 Å². The molecule has 2 aromatic rings. The third-order valence-electron chi connectivity index (χ3n) is 7.34. The minimum atomic E-state index is 0.100. The zero-order valence-electron chi connectivity index (χ0n) is 18.0. The van der Waals surface area contributed by atoms with E-state index in [0.29, 0.717) is 12.0 Å². The average Bonchev–Trinajstić information content (AvgIpc) is 2.77. The van der Waals surface area contributed by atoms with Crippen LogP contribution in [0, 0.1) is 0 Å². The van der Waals surface area contributed by atoms with Gasteiger partial charge in [-0.2, -0.15) is 0 Å². The minimum Gasteiger partial charge on any atom is -0.493 e. The first kappa shape index (κ1) is 19.0. The minimum absolute atomic E-state index is 0.100. The second-order valence-electron chi connectivity index (χ2n) is 8.71. The van der Waals surface area contributed by atoms with Crippen LogP contribution >= 0.6 is 0 Å². The van der Waals surface area contributed by atoms with Crippen molar-refractivity contribution >= 4 is 16.8 Å². The van der Waals surface area contributed by atoms with E-state index in [0.717, 1.165) is 24.5 Å². The van der Waals surface area contributed by atoms with Crippen molar-refractivity contribution in [2.24, 2.45) is 0 Å². The van der Waals surface area contributed by atoms with Crippen molar-refractivity contribution in [1.29, 1.82) is 0 Å². The monoisotopic (exact) mass is 393 g/mol. The van der Waals surface area contributed by atoms with Crippen molar-refractivity contribution in [2.75, 3.05) is 27.9 Å². The van der Waals surface area contributed by atoms with Gasteiger partial charge in [-0.3, -0.25) is 4.90 Å². The quantitative estimate of drug-likeness (QED) is 0.741. The van der Waals surface area contributed by atoms with E-state index >= 15 is 0 Å². The molecule has 0 bridgehead atoms. The third kappa shape index (κ3) is 2.88. The molecule has 2 aliphatic heterocycles. The molecule has 0 spiro atoms. The fraction of sp³-hybridized carbons (Fsp3) is 0.520. The number of rotatable bonds is 3. The predicted octanol–water partition coefficient (Wildman–Crippen LogP) is 4.91. The molecule has 1 fully saturated rings. The van der Waals surface area contributed by atoms with E-state index in [9.17, 15) is 0 Å². The molecular weight excluding hydrogens is 362 g/mol. The second-order valence-corrected chi connectivity index (χ2v) is 8.71. The molecule has 2 aromatic carbocycles. The van der Waals surface area contributed by atoms with Crippen LogP contribution < -0.4 is 9.47 Å². The number of hydrogen-bond acceptors (Lipinski definition) is 4. The van der Waals surface area contributed by atoms with Gasteiger partial charge in [-0.25, -0.2) is 0 Å². The van der Waals surface area contributed by atoms with Gasteiger partial charge in [0.15, 0.2) is 11.5 Å². The number of methoxy groups -OCH3 is 3. The summed E-state index contributed by atoms with van der Waals surface area (Å²) in [5, 5.41) is 2.62. The SMILES string of the molecule is COc1cc2c3c(c4c(c2cc1OC)C(C)C(OC)C=C4)CN1CCCCC1C3. The van der Waals surface area contributed by atoms with Gasteiger partial charge in [0.2, 0.25) is 0 Å². The molecule has 3 aliphatic rings. The van der Waals surface area contributed by atoms with E-state index in [2.05, 4.69) is 36.1 Å². The Morgan fingerprint density at radius 2 is 1.72 bits per heavy atom. The maximum Gasteiger partial charge on any atom is 0.161 e. The van der Waals surface area contributed by atoms with Crippen molar-refractivity contribution in [3.05, 3.63) is 40.5 Å². The highest BCUT2D eigenvalue weighted by Gasteiger charge is 2.35. The van der Waals surface area contributed by atoms with Gasteiger partial charge in [0.1, 0.15) is 0 Å². The Hall–Kier alpha value is -2.04. The van der Waals surface area contributed by atoms with Crippen LogP contribution in [0.2, 0.25) is 0 Å². The Kier molecular flexibility index (Phi) is 4.79. The highest BCUT2D eigenvalue weighted by molar-refractivity contribution is 5.97. The van der Waals surface area contributed by atoms with Crippen molar-refractivity contribution in [2.45, 2.75) is 57.2 Å². The molecule has 29 heavy (non-hydrogen) atoms. The third-order valence-corrected chi connectivity index (χ3v) is 7.34. The molecule has 3 unspecified atom stereocenters. The maximum atomic E-state index is 5.79.